The molecule has 0 amide bonds. The number of rotatable bonds is 5. The molecule has 4 nitrogen and oxygen atoms in total. The highest BCUT2D eigenvalue weighted by Gasteiger charge is 2.42. The summed E-state index contributed by atoms with van der Waals surface area (Å²) in [4.78, 5) is 4.06. The van der Waals surface area contributed by atoms with E-state index in [4.69, 9.17) is 21.1 Å². The van der Waals surface area contributed by atoms with Gasteiger partial charge >= 0.3 is 0 Å². The van der Waals surface area contributed by atoms with Crippen molar-refractivity contribution in [3.63, 3.8) is 0 Å². The zero-order chi connectivity index (χ0) is 14.7. The highest BCUT2D eigenvalue weighted by atomic mass is 35.5. The lowest BCUT2D eigenvalue weighted by Gasteiger charge is -2.29. The molecule has 2 unspecified atom stereocenters. The molecule has 21 heavy (non-hydrogen) atoms. The molecule has 1 aromatic heterocycles. The van der Waals surface area contributed by atoms with Crippen LogP contribution in [0.2, 0.25) is 5.02 Å². The molecule has 0 radical (unpaired) electrons. The summed E-state index contributed by atoms with van der Waals surface area (Å²) in [7, 11) is 0. The van der Waals surface area contributed by atoms with Crippen LogP contribution in [0.5, 0.6) is 0 Å². The van der Waals surface area contributed by atoms with Crippen LogP contribution < -0.4 is 0 Å². The quantitative estimate of drug-likeness (QED) is 0.858. The molecule has 6 heteroatoms. The van der Waals surface area contributed by atoms with Crippen molar-refractivity contribution in [3.05, 3.63) is 53.6 Å². The molecule has 0 N–H and O–H groups in total. The van der Waals surface area contributed by atoms with E-state index in [1.165, 1.54) is 0 Å². The van der Waals surface area contributed by atoms with Gasteiger partial charge in [0.25, 0.3) is 0 Å². The van der Waals surface area contributed by atoms with Crippen LogP contribution in [0, 0.1) is 0 Å². The molecule has 112 valence electrons. The number of nitrogens with zero attached hydrogens (tertiary/aromatic N) is 2. The van der Waals surface area contributed by atoms with E-state index in [1.54, 1.807) is 12.5 Å². The van der Waals surface area contributed by atoms with Crippen molar-refractivity contribution in [1.82, 2.24) is 9.55 Å². The number of imidazole rings is 1. The van der Waals surface area contributed by atoms with Crippen LogP contribution in [0.15, 0.2) is 43.0 Å². The Kier molecular flexibility index (Phi) is 4.54. The van der Waals surface area contributed by atoms with E-state index in [0.717, 1.165) is 12.1 Å². The Morgan fingerprint density at radius 3 is 2.81 bits per heavy atom. The number of hydrogen-bond donors (Lipinski definition) is 1. The number of hydrogen-bond acceptors (Lipinski definition) is 4. The van der Waals surface area contributed by atoms with Crippen molar-refractivity contribution in [2.24, 2.45) is 0 Å². The summed E-state index contributed by atoms with van der Waals surface area (Å²) < 4.78 is 14.2. The smallest absolute Gasteiger partial charge is 0.197 e. The van der Waals surface area contributed by atoms with Gasteiger partial charge in [0, 0.05) is 41.7 Å². The summed E-state index contributed by atoms with van der Waals surface area (Å²) in [6.45, 7) is 1.32. The Morgan fingerprint density at radius 2 is 2.19 bits per heavy atom. The minimum Gasteiger partial charge on any atom is -0.343 e. The second-order valence-corrected chi connectivity index (χ2v) is 5.85. The molecule has 1 fully saturated rings. The van der Waals surface area contributed by atoms with Crippen molar-refractivity contribution < 1.29 is 9.47 Å². The Hall–Kier alpha value is -1.01. The first kappa shape index (κ1) is 14.9. The van der Waals surface area contributed by atoms with Gasteiger partial charge in [0.05, 0.1) is 19.0 Å². The first-order valence-corrected chi connectivity index (χ1v) is 7.87. The third-order valence-corrected chi connectivity index (χ3v) is 4.26. The standard InChI is InChI=1S/C15H17ClN2O2S/c16-13-3-1-12(2-4-13)15(19-9-14(10-21)20-15)5-7-18-8-6-17-11-18/h1-4,6,8,11,14,21H,5,7,9-10H2. The number of thiol groups is 1. The van der Waals surface area contributed by atoms with Gasteiger partial charge in [-0.05, 0) is 12.1 Å². The van der Waals surface area contributed by atoms with Crippen molar-refractivity contribution >= 4 is 24.2 Å². The lowest BCUT2D eigenvalue weighted by molar-refractivity contribution is -0.181. The van der Waals surface area contributed by atoms with Crippen LogP contribution in [0.3, 0.4) is 0 Å². The normalized spacial score (nSPS) is 25.3. The largest absolute Gasteiger partial charge is 0.343 e. The Bertz CT molecular complexity index is 576. The molecule has 1 aromatic carbocycles. The molecule has 0 bridgehead atoms. The molecule has 1 aliphatic heterocycles. The second-order valence-electron chi connectivity index (χ2n) is 5.04. The molecule has 3 rings (SSSR count). The SMILES string of the molecule is SCC1COC(CCn2ccnc2)(c2ccc(Cl)cc2)O1. The lowest BCUT2D eigenvalue weighted by Crippen LogP contribution is -2.30. The van der Waals surface area contributed by atoms with E-state index in [9.17, 15) is 0 Å². The zero-order valence-electron chi connectivity index (χ0n) is 11.5. The Labute approximate surface area is 134 Å². The highest BCUT2D eigenvalue weighted by molar-refractivity contribution is 7.80. The Morgan fingerprint density at radius 1 is 1.38 bits per heavy atom. The molecular formula is C15H17ClN2O2S. The number of halogens is 1. The van der Waals surface area contributed by atoms with E-state index in [1.807, 2.05) is 35.0 Å². The summed E-state index contributed by atoms with van der Waals surface area (Å²) in [6, 6.07) is 7.63. The van der Waals surface area contributed by atoms with Gasteiger partial charge in [-0.25, -0.2) is 4.98 Å². The van der Waals surface area contributed by atoms with Gasteiger partial charge in [0.1, 0.15) is 0 Å². The van der Waals surface area contributed by atoms with E-state index in [-0.39, 0.29) is 6.10 Å². The Balaban J connectivity index is 1.82. The average molecular weight is 325 g/mol. The predicted octanol–water partition coefficient (Wildman–Crippen LogP) is 3.12. The highest BCUT2D eigenvalue weighted by Crippen LogP contribution is 2.38. The van der Waals surface area contributed by atoms with Gasteiger partial charge in [-0.1, -0.05) is 23.7 Å². The fraction of sp³-hybridized carbons (Fsp3) is 0.400. The van der Waals surface area contributed by atoms with Gasteiger partial charge in [-0.3, -0.25) is 0 Å². The van der Waals surface area contributed by atoms with Crippen molar-refractivity contribution in [2.45, 2.75) is 24.9 Å². The third-order valence-electron chi connectivity index (χ3n) is 3.61. The third kappa shape index (κ3) is 3.26. The first-order chi connectivity index (χ1) is 10.2. The fourth-order valence-electron chi connectivity index (χ4n) is 2.48. The molecule has 2 aromatic rings. The number of benzene rings is 1. The minimum absolute atomic E-state index is 0.00630. The molecule has 2 atom stereocenters. The van der Waals surface area contributed by atoms with E-state index >= 15 is 0 Å². The second kappa shape index (κ2) is 6.40. The molecule has 0 aliphatic carbocycles. The molecule has 0 saturated carbocycles. The van der Waals surface area contributed by atoms with Crippen molar-refractivity contribution in [3.8, 4) is 0 Å². The van der Waals surface area contributed by atoms with Gasteiger partial charge in [0.15, 0.2) is 5.79 Å². The molecule has 1 aliphatic rings. The lowest BCUT2D eigenvalue weighted by atomic mass is 10.0. The summed E-state index contributed by atoms with van der Waals surface area (Å²) in [5, 5.41) is 0.701. The van der Waals surface area contributed by atoms with Gasteiger partial charge in [0.2, 0.25) is 0 Å². The van der Waals surface area contributed by atoms with Crippen molar-refractivity contribution in [1.29, 1.82) is 0 Å². The van der Waals surface area contributed by atoms with Crippen LogP contribution in [0.1, 0.15) is 12.0 Å². The maximum absolute atomic E-state index is 6.15. The van der Waals surface area contributed by atoms with Crippen LogP contribution in [-0.2, 0) is 21.8 Å². The van der Waals surface area contributed by atoms with Gasteiger partial charge < -0.3 is 14.0 Å². The van der Waals surface area contributed by atoms with E-state index in [0.29, 0.717) is 23.8 Å². The molecule has 0 spiro atoms. The van der Waals surface area contributed by atoms with Crippen LogP contribution in [0.25, 0.3) is 0 Å². The van der Waals surface area contributed by atoms with Crippen LogP contribution in [-0.4, -0.2) is 28.0 Å². The van der Waals surface area contributed by atoms with Gasteiger partial charge in [-0.15, -0.1) is 0 Å². The maximum Gasteiger partial charge on any atom is 0.197 e. The number of aryl methyl sites for hydroxylation is 1. The molecule has 1 saturated heterocycles. The summed E-state index contributed by atoms with van der Waals surface area (Å²) >= 11 is 10.3. The molecular weight excluding hydrogens is 308 g/mol. The minimum atomic E-state index is -0.734. The summed E-state index contributed by atoms with van der Waals surface area (Å²) in [6.07, 6.45) is 6.20. The van der Waals surface area contributed by atoms with Crippen LogP contribution in [0.4, 0.5) is 0 Å². The zero-order valence-corrected chi connectivity index (χ0v) is 13.1. The average Bonchev–Trinajstić information content (AvgIpc) is 3.16. The van der Waals surface area contributed by atoms with E-state index < -0.39 is 5.79 Å². The summed E-state index contributed by atoms with van der Waals surface area (Å²) in [5.41, 5.74) is 0.983. The van der Waals surface area contributed by atoms with Crippen LogP contribution >= 0.6 is 24.2 Å². The monoisotopic (exact) mass is 324 g/mol. The topological polar surface area (TPSA) is 36.3 Å². The maximum atomic E-state index is 6.15. The van der Waals surface area contributed by atoms with Gasteiger partial charge in [-0.2, -0.15) is 12.6 Å². The number of aromatic nitrogens is 2. The predicted molar refractivity (Wildman–Crippen MR) is 84.7 cm³/mol. The number of ether oxygens (including phenoxy) is 2. The summed E-state index contributed by atoms with van der Waals surface area (Å²) in [5.74, 6) is -0.0946. The van der Waals surface area contributed by atoms with Crippen molar-refractivity contribution in [2.75, 3.05) is 12.4 Å². The molecule has 2 heterocycles. The van der Waals surface area contributed by atoms with E-state index in [2.05, 4.69) is 17.6 Å². The fourth-order valence-corrected chi connectivity index (χ4v) is 2.79. The first-order valence-electron chi connectivity index (χ1n) is 6.86.